The molecular weight excluding hydrogens is 416 g/mol. The molecule has 0 saturated carbocycles. The molecule has 0 bridgehead atoms. The lowest BCUT2D eigenvalue weighted by Gasteiger charge is -2.10. The molecule has 0 aliphatic carbocycles. The van der Waals surface area contributed by atoms with Gasteiger partial charge < -0.3 is 15.8 Å². The number of nitrogens with one attached hydrogen (secondary N) is 2. The average molecular weight is 432 g/mol. The number of aromatic nitrogens is 1. The zero-order valence-corrected chi connectivity index (χ0v) is 16.5. The van der Waals surface area contributed by atoms with E-state index in [2.05, 4.69) is 15.0 Å². The van der Waals surface area contributed by atoms with Crippen LogP contribution in [0.4, 0.5) is 10.8 Å². The van der Waals surface area contributed by atoms with E-state index in [1.807, 2.05) is 0 Å². The van der Waals surface area contributed by atoms with Crippen LogP contribution < -0.4 is 20.5 Å². The van der Waals surface area contributed by atoms with Gasteiger partial charge in [-0.3, -0.25) is 14.3 Å². The highest BCUT2D eigenvalue weighted by Crippen LogP contribution is 2.20. The molecule has 0 atom stereocenters. The molecule has 0 aliphatic heterocycles. The zero-order valence-electron chi connectivity index (χ0n) is 14.9. The normalized spacial score (nSPS) is 10.9. The summed E-state index contributed by atoms with van der Waals surface area (Å²) in [6.07, 6.45) is 1.49. The largest absolute Gasteiger partial charge is 0.483 e. The molecule has 0 fully saturated rings. The molecule has 3 aromatic rings. The van der Waals surface area contributed by atoms with Gasteiger partial charge in [0, 0.05) is 17.3 Å². The van der Waals surface area contributed by atoms with E-state index in [9.17, 15) is 18.0 Å². The Balaban J connectivity index is 1.60. The topological polar surface area (TPSA) is 140 Å². The van der Waals surface area contributed by atoms with Crippen molar-refractivity contribution in [3.63, 3.8) is 0 Å². The average Bonchev–Trinajstić information content (AvgIpc) is 3.19. The number of benzene rings is 2. The Morgan fingerprint density at radius 1 is 1.10 bits per heavy atom. The standard InChI is InChI=1S/C18H16N4O5S2/c19-17(24)14-3-1-2-4-15(14)27-11-16(23)21-12-5-7-13(8-6-12)29(25,26)22-18-20-9-10-28-18/h1-10H,11H2,(H2,19,24)(H,20,22)(H,21,23). The van der Waals surface area contributed by atoms with Crippen molar-refractivity contribution in [1.82, 2.24) is 4.98 Å². The summed E-state index contributed by atoms with van der Waals surface area (Å²) in [5.74, 6) is -0.949. The molecule has 0 saturated heterocycles. The lowest BCUT2D eigenvalue weighted by Crippen LogP contribution is -2.21. The van der Waals surface area contributed by atoms with Gasteiger partial charge in [0.1, 0.15) is 5.75 Å². The van der Waals surface area contributed by atoms with E-state index in [-0.39, 0.29) is 27.9 Å². The van der Waals surface area contributed by atoms with Crippen LogP contribution in [0.25, 0.3) is 0 Å². The Kier molecular flexibility index (Phi) is 6.10. The first kappa shape index (κ1) is 20.3. The molecule has 11 heteroatoms. The van der Waals surface area contributed by atoms with E-state index < -0.39 is 21.8 Å². The quantitative estimate of drug-likeness (QED) is 0.498. The second-order valence-electron chi connectivity index (χ2n) is 5.66. The maximum Gasteiger partial charge on any atom is 0.263 e. The summed E-state index contributed by atoms with van der Waals surface area (Å²) in [6, 6.07) is 11.9. The number of amides is 2. The summed E-state index contributed by atoms with van der Waals surface area (Å²) >= 11 is 1.16. The highest BCUT2D eigenvalue weighted by atomic mass is 32.2. The molecule has 29 heavy (non-hydrogen) atoms. The van der Waals surface area contributed by atoms with E-state index in [0.717, 1.165) is 11.3 Å². The van der Waals surface area contributed by atoms with Crippen LogP contribution in [0.3, 0.4) is 0 Å². The molecule has 1 aromatic heterocycles. The van der Waals surface area contributed by atoms with E-state index in [4.69, 9.17) is 10.5 Å². The van der Waals surface area contributed by atoms with Crippen LogP contribution in [0.2, 0.25) is 0 Å². The number of anilines is 2. The summed E-state index contributed by atoms with van der Waals surface area (Å²) in [4.78, 5) is 27.3. The maximum absolute atomic E-state index is 12.3. The van der Waals surface area contributed by atoms with Crippen molar-refractivity contribution in [3.05, 3.63) is 65.7 Å². The van der Waals surface area contributed by atoms with Crippen molar-refractivity contribution in [3.8, 4) is 5.75 Å². The molecule has 0 unspecified atom stereocenters. The molecular formula is C18H16N4O5S2. The molecule has 4 N–H and O–H groups in total. The van der Waals surface area contributed by atoms with Crippen LogP contribution >= 0.6 is 11.3 Å². The Labute approximate surface area is 170 Å². The summed E-state index contributed by atoms with van der Waals surface area (Å²) in [5.41, 5.74) is 5.81. The van der Waals surface area contributed by atoms with E-state index >= 15 is 0 Å². The predicted octanol–water partition coefficient (Wildman–Crippen LogP) is 2.06. The summed E-state index contributed by atoms with van der Waals surface area (Å²) in [7, 11) is -3.77. The van der Waals surface area contributed by atoms with Crippen LogP contribution in [0.15, 0.2) is 65.0 Å². The van der Waals surface area contributed by atoms with Crippen molar-refractivity contribution >= 4 is 44.0 Å². The van der Waals surface area contributed by atoms with Gasteiger partial charge in [-0.1, -0.05) is 12.1 Å². The van der Waals surface area contributed by atoms with Crippen LogP contribution in [0.1, 0.15) is 10.4 Å². The third-order valence-corrected chi connectivity index (χ3v) is 5.79. The Bertz CT molecular complexity index is 1110. The van der Waals surface area contributed by atoms with Gasteiger partial charge in [0.2, 0.25) is 0 Å². The first-order chi connectivity index (χ1) is 13.8. The zero-order chi connectivity index (χ0) is 20.9. The highest BCUT2D eigenvalue weighted by molar-refractivity contribution is 7.93. The number of nitrogens with zero attached hydrogens (tertiary/aromatic N) is 1. The van der Waals surface area contributed by atoms with Crippen molar-refractivity contribution in [1.29, 1.82) is 0 Å². The molecule has 0 radical (unpaired) electrons. The fourth-order valence-corrected chi connectivity index (χ4v) is 4.09. The van der Waals surface area contributed by atoms with Gasteiger partial charge in [-0.25, -0.2) is 13.4 Å². The fourth-order valence-electron chi connectivity index (χ4n) is 2.30. The number of hydrogen-bond donors (Lipinski definition) is 3. The van der Waals surface area contributed by atoms with E-state index in [0.29, 0.717) is 5.69 Å². The van der Waals surface area contributed by atoms with Crippen LogP contribution in [-0.4, -0.2) is 31.8 Å². The first-order valence-electron chi connectivity index (χ1n) is 8.19. The van der Waals surface area contributed by atoms with E-state index in [1.54, 1.807) is 17.5 Å². The van der Waals surface area contributed by atoms with Gasteiger partial charge >= 0.3 is 0 Å². The van der Waals surface area contributed by atoms with Gasteiger partial charge in [-0.15, -0.1) is 11.3 Å². The van der Waals surface area contributed by atoms with Gasteiger partial charge in [0.05, 0.1) is 10.5 Å². The van der Waals surface area contributed by atoms with Crippen LogP contribution in [0.5, 0.6) is 5.75 Å². The van der Waals surface area contributed by atoms with Crippen LogP contribution in [0, 0.1) is 0 Å². The van der Waals surface area contributed by atoms with Gasteiger partial charge in [0.25, 0.3) is 21.8 Å². The predicted molar refractivity (Wildman–Crippen MR) is 108 cm³/mol. The molecule has 3 rings (SSSR count). The second-order valence-corrected chi connectivity index (χ2v) is 8.24. The highest BCUT2D eigenvalue weighted by Gasteiger charge is 2.16. The molecule has 0 spiro atoms. The lowest BCUT2D eigenvalue weighted by molar-refractivity contribution is -0.118. The number of thiazole rings is 1. The monoisotopic (exact) mass is 432 g/mol. The first-order valence-corrected chi connectivity index (χ1v) is 10.6. The third-order valence-electron chi connectivity index (χ3n) is 3.61. The number of carbonyl (C=O) groups is 2. The maximum atomic E-state index is 12.3. The third kappa shape index (κ3) is 5.30. The minimum Gasteiger partial charge on any atom is -0.483 e. The lowest BCUT2D eigenvalue weighted by atomic mass is 10.2. The molecule has 0 aliphatic rings. The Hall–Kier alpha value is -3.44. The summed E-state index contributed by atoms with van der Waals surface area (Å²) < 4.78 is 32.3. The van der Waals surface area contributed by atoms with Gasteiger partial charge in [-0.2, -0.15) is 0 Å². The van der Waals surface area contributed by atoms with Crippen molar-refractivity contribution in [2.24, 2.45) is 5.73 Å². The van der Waals surface area contributed by atoms with Crippen molar-refractivity contribution in [2.75, 3.05) is 16.6 Å². The van der Waals surface area contributed by atoms with Crippen molar-refractivity contribution < 1.29 is 22.7 Å². The number of para-hydroxylation sites is 1. The van der Waals surface area contributed by atoms with Gasteiger partial charge in [0.15, 0.2) is 11.7 Å². The minimum absolute atomic E-state index is 0.0253. The van der Waals surface area contributed by atoms with Crippen LogP contribution in [-0.2, 0) is 14.8 Å². The minimum atomic E-state index is -3.77. The smallest absolute Gasteiger partial charge is 0.263 e. The summed E-state index contributed by atoms with van der Waals surface area (Å²) in [5, 5.41) is 4.49. The van der Waals surface area contributed by atoms with E-state index in [1.165, 1.54) is 42.6 Å². The van der Waals surface area contributed by atoms with Gasteiger partial charge in [-0.05, 0) is 36.4 Å². The second kappa shape index (κ2) is 8.71. The number of carbonyl (C=O) groups excluding carboxylic acids is 2. The molecule has 2 aromatic carbocycles. The number of ether oxygens (including phenoxy) is 1. The number of primary amides is 1. The van der Waals surface area contributed by atoms with Crippen molar-refractivity contribution in [2.45, 2.75) is 4.90 Å². The molecule has 150 valence electrons. The SMILES string of the molecule is NC(=O)c1ccccc1OCC(=O)Nc1ccc(S(=O)(=O)Nc2nccs2)cc1. The summed E-state index contributed by atoms with van der Waals surface area (Å²) in [6.45, 7) is -0.351. The fraction of sp³-hybridized carbons (Fsp3) is 0.0556. The number of nitrogens with two attached hydrogens (primary N) is 1. The number of sulfonamides is 1. The Morgan fingerprint density at radius 3 is 2.48 bits per heavy atom. The number of hydrogen-bond acceptors (Lipinski definition) is 7. The molecule has 9 nitrogen and oxygen atoms in total. The Morgan fingerprint density at radius 2 is 1.83 bits per heavy atom. The number of rotatable bonds is 8. The molecule has 1 heterocycles. The molecule has 2 amide bonds.